The maximum Gasteiger partial charge on any atom is 0.326 e. The molecule has 9 N–H and O–H groups in total. The number of aliphatic carboxylic acids is 1. The molecule has 34 heavy (non-hydrogen) atoms. The number of nitrogens with one attached hydrogen (secondary N) is 2. The highest BCUT2D eigenvalue weighted by atomic mass is 16.5. The number of nitrogens with two attached hydrogens (primary N) is 3. The van der Waals surface area contributed by atoms with Crippen molar-refractivity contribution in [1.29, 1.82) is 0 Å². The van der Waals surface area contributed by atoms with E-state index in [9.17, 15) is 24.3 Å². The van der Waals surface area contributed by atoms with Crippen LogP contribution in [0.4, 0.5) is 4.79 Å². The van der Waals surface area contributed by atoms with Crippen molar-refractivity contribution in [2.24, 2.45) is 17.2 Å². The number of carbonyl (C=O) groups excluding carboxylic acids is 3. The second-order valence-corrected chi connectivity index (χ2v) is 7.86. The largest absolute Gasteiger partial charge is 0.480 e. The van der Waals surface area contributed by atoms with Crippen molar-refractivity contribution in [2.75, 3.05) is 0 Å². The molecule has 4 amide bonds. The summed E-state index contributed by atoms with van der Waals surface area (Å²) in [5, 5.41) is 18.2. The van der Waals surface area contributed by atoms with Gasteiger partial charge >= 0.3 is 12.0 Å². The Hall–Kier alpha value is -4.00. The van der Waals surface area contributed by atoms with Crippen molar-refractivity contribution in [3.8, 4) is 0 Å². The van der Waals surface area contributed by atoms with Crippen molar-refractivity contribution in [3.05, 3.63) is 47.1 Å². The van der Waals surface area contributed by atoms with Crippen LogP contribution < -0.4 is 27.8 Å². The Bertz CT molecular complexity index is 1010. The topological polar surface area (TPSA) is 230 Å². The molecule has 13 nitrogen and oxygen atoms in total. The summed E-state index contributed by atoms with van der Waals surface area (Å²) in [4.78, 5) is 50.6. The first-order chi connectivity index (χ1) is 16.0. The predicted octanol–water partition coefficient (Wildman–Crippen LogP) is -0.0550. The second-order valence-electron chi connectivity index (χ2n) is 7.86. The Morgan fingerprint density at radius 1 is 1.03 bits per heavy atom. The van der Waals surface area contributed by atoms with Crippen LogP contribution in [-0.2, 0) is 20.8 Å². The molecule has 2 aromatic rings. The number of primary amides is 2. The fourth-order valence-electron chi connectivity index (χ4n) is 3.03. The summed E-state index contributed by atoms with van der Waals surface area (Å²) in [6.07, 6.45) is 0.189. The van der Waals surface area contributed by atoms with Gasteiger partial charge in [-0.3, -0.25) is 9.59 Å². The van der Waals surface area contributed by atoms with Crippen LogP contribution >= 0.6 is 0 Å². The minimum Gasteiger partial charge on any atom is -0.480 e. The Kier molecular flexibility index (Phi) is 9.49. The lowest BCUT2D eigenvalue weighted by Gasteiger charge is -2.19. The Morgan fingerprint density at radius 3 is 2.24 bits per heavy atom. The van der Waals surface area contributed by atoms with Gasteiger partial charge in [-0.15, -0.1) is 0 Å². The molecule has 0 aliphatic carbocycles. The maximum atomic E-state index is 12.6. The number of amides is 4. The molecule has 1 aromatic heterocycles. The molecule has 1 heterocycles. The van der Waals surface area contributed by atoms with Gasteiger partial charge in [0.1, 0.15) is 12.1 Å². The first-order valence-corrected chi connectivity index (χ1v) is 10.6. The molecular weight excluding hydrogens is 446 g/mol. The normalized spacial score (nSPS) is 13.5. The van der Waals surface area contributed by atoms with Crippen LogP contribution in [0, 0.1) is 6.92 Å². The van der Waals surface area contributed by atoms with Gasteiger partial charge in [0, 0.05) is 19.3 Å². The molecule has 1 aromatic carbocycles. The monoisotopic (exact) mass is 475 g/mol. The van der Waals surface area contributed by atoms with E-state index in [0.29, 0.717) is 0 Å². The lowest BCUT2D eigenvalue weighted by molar-refractivity contribution is -0.139. The zero-order valence-corrected chi connectivity index (χ0v) is 18.7. The van der Waals surface area contributed by atoms with E-state index in [-0.39, 0.29) is 43.8 Å². The second kappa shape index (κ2) is 12.3. The van der Waals surface area contributed by atoms with Gasteiger partial charge in [-0.25, -0.2) is 9.59 Å². The van der Waals surface area contributed by atoms with Gasteiger partial charge in [-0.1, -0.05) is 35.0 Å². The van der Waals surface area contributed by atoms with Crippen molar-refractivity contribution in [1.82, 2.24) is 20.8 Å². The van der Waals surface area contributed by atoms with Crippen LogP contribution in [0.3, 0.4) is 0 Å². The number of carbonyl (C=O) groups is 4. The average Bonchev–Trinajstić information content (AvgIpc) is 3.26. The Balaban J connectivity index is 2.09. The van der Waals surface area contributed by atoms with Gasteiger partial charge < -0.3 is 37.5 Å². The molecule has 0 spiro atoms. The third kappa shape index (κ3) is 8.50. The van der Waals surface area contributed by atoms with Crippen LogP contribution in [0.25, 0.3) is 0 Å². The third-order valence-electron chi connectivity index (χ3n) is 4.94. The van der Waals surface area contributed by atoms with Crippen molar-refractivity contribution in [3.63, 3.8) is 0 Å². The summed E-state index contributed by atoms with van der Waals surface area (Å²) in [6.45, 7) is 1.91. The molecule has 2 rings (SSSR count). The number of hydrogen-bond acceptors (Lipinski definition) is 8. The van der Waals surface area contributed by atoms with E-state index < -0.39 is 41.9 Å². The molecule has 0 bridgehead atoms. The maximum absolute atomic E-state index is 12.6. The highest BCUT2D eigenvalue weighted by molar-refractivity contribution is 5.83. The summed E-state index contributed by atoms with van der Waals surface area (Å²) in [5.74, 6) is -2.33. The van der Waals surface area contributed by atoms with Gasteiger partial charge in [-0.05, 0) is 25.3 Å². The number of urea groups is 1. The number of rotatable bonds is 13. The van der Waals surface area contributed by atoms with E-state index in [4.69, 9.17) is 21.7 Å². The number of carboxylic acid groups (broad SMARTS) is 1. The lowest BCUT2D eigenvalue weighted by Crippen LogP contribution is -2.48. The van der Waals surface area contributed by atoms with Gasteiger partial charge in [0.25, 0.3) is 0 Å². The zero-order chi connectivity index (χ0) is 25.3. The summed E-state index contributed by atoms with van der Waals surface area (Å²) < 4.78 is 5.18. The van der Waals surface area contributed by atoms with Crippen LogP contribution in [0.2, 0.25) is 0 Å². The molecule has 0 aliphatic heterocycles. The fourth-order valence-corrected chi connectivity index (χ4v) is 3.03. The van der Waals surface area contributed by atoms with E-state index in [1.165, 1.54) is 0 Å². The number of hydrogen-bond donors (Lipinski definition) is 6. The predicted molar refractivity (Wildman–Crippen MR) is 119 cm³/mol. The summed E-state index contributed by atoms with van der Waals surface area (Å²) in [6, 6.07) is 3.55. The Morgan fingerprint density at radius 2 is 1.65 bits per heavy atom. The van der Waals surface area contributed by atoms with E-state index in [0.717, 1.165) is 11.1 Å². The van der Waals surface area contributed by atoms with Crippen molar-refractivity contribution < 1.29 is 28.8 Å². The molecule has 13 heteroatoms. The number of aromatic nitrogens is 2. The van der Waals surface area contributed by atoms with E-state index in [2.05, 4.69) is 20.8 Å². The molecule has 0 saturated carbocycles. The number of carboxylic acids is 1. The molecule has 0 radical (unpaired) electrons. The quantitative estimate of drug-likeness (QED) is 0.227. The molecule has 0 unspecified atom stereocenters. The molecule has 184 valence electrons. The Labute approximate surface area is 195 Å². The SMILES string of the molecule is Cc1ccc(C[C@H](NC(=O)N[C@@H](CCC(N)=O)c2nc([C@@H](N)CCC(N)=O)no2)C(=O)O)cc1. The van der Waals surface area contributed by atoms with E-state index in [1.807, 2.05) is 19.1 Å². The van der Waals surface area contributed by atoms with Crippen molar-refractivity contribution in [2.45, 2.75) is 57.2 Å². The van der Waals surface area contributed by atoms with Crippen LogP contribution in [-0.4, -0.2) is 45.1 Å². The van der Waals surface area contributed by atoms with Crippen molar-refractivity contribution >= 4 is 23.8 Å². The third-order valence-corrected chi connectivity index (χ3v) is 4.94. The van der Waals surface area contributed by atoms with Gasteiger partial charge in [0.2, 0.25) is 17.7 Å². The molecule has 0 fully saturated rings. The molecule has 3 atom stereocenters. The smallest absolute Gasteiger partial charge is 0.326 e. The molecule has 0 saturated heterocycles. The van der Waals surface area contributed by atoms with Gasteiger partial charge in [0.05, 0.1) is 6.04 Å². The highest BCUT2D eigenvalue weighted by Gasteiger charge is 2.26. The number of benzene rings is 1. The standard InChI is InChI=1S/C21H29N7O6/c1-11-2-4-12(5-3-11)10-15(20(31)32)26-21(33)25-14(7-9-17(24)30)19-27-18(28-34-19)13(22)6-8-16(23)29/h2-5,13-15H,6-10,22H2,1H3,(H2,23,29)(H2,24,30)(H,31,32)(H2,25,26,33)/t13-,14-,15-/m0/s1. The zero-order valence-electron chi connectivity index (χ0n) is 18.7. The lowest BCUT2D eigenvalue weighted by atomic mass is 10.0. The minimum atomic E-state index is -1.22. The van der Waals surface area contributed by atoms with Crippen LogP contribution in [0.1, 0.15) is 60.6 Å². The van der Waals surface area contributed by atoms with Crippen LogP contribution in [0.5, 0.6) is 0 Å². The van der Waals surface area contributed by atoms with E-state index >= 15 is 0 Å². The average molecular weight is 476 g/mol. The fraction of sp³-hybridized carbons (Fsp3) is 0.429. The summed E-state index contributed by atoms with van der Waals surface area (Å²) in [7, 11) is 0. The van der Waals surface area contributed by atoms with Gasteiger partial charge in [0.15, 0.2) is 5.82 Å². The van der Waals surface area contributed by atoms with Gasteiger partial charge in [-0.2, -0.15) is 4.98 Å². The molecular formula is C21H29N7O6. The number of nitrogens with zero attached hydrogens (tertiary/aromatic N) is 2. The van der Waals surface area contributed by atoms with Crippen LogP contribution in [0.15, 0.2) is 28.8 Å². The minimum absolute atomic E-state index is 0.0222. The first-order valence-electron chi connectivity index (χ1n) is 10.6. The summed E-state index contributed by atoms with van der Waals surface area (Å²) >= 11 is 0. The summed E-state index contributed by atoms with van der Waals surface area (Å²) in [5.41, 5.74) is 18.0. The molecule has 0 aliphatic rings. The van der Waals surface area contributed by atoms with E-state index in [1.54, 1.807) is 12.1 Å². The highest BCUT2D eigenvalue weighted by Crippen LogP contribution is 2.20. The first kappa shape index (κ1) is 26.3. The number of aryl methyl sites for hydroxylation is 1.